The third kappa shape index (κ3) is 2.70. The summed E-state index contributed by atoms with van der Waals surface area (Å²) in [5, 5.41) is 0. The van der Waals surface area contributed by atoms with Crippen molar-refractivity contribution >= 4 is 28.9 Å². The minimum Gasteiger partial charge on any atom is -0.494 e. The fraction of sp³-hybridized carbons (Fsp3) is 0.364. The molecule has 0 aromatic heterocycles. The SMILES string of the molecule is CCOc1ccc(I)cc1C(C)C=O. The molecule has 0 aliphatic rings. The van der Waals surface area contributed by atoms with E-state index in [9.17, 15) is 4.79 Å². The van der Waals surface area contributed by atoms with E-state index in [0.717, 1.165) is 21.2 Å². The van der Waals surface area contributed by atoms with Gasteiger partial charge in [0, 0.05) is 15.1 Å². The number of ether oxygens (including phenoxy) is 1. The number of aldehydes is 1. The Hall–Kier alpha value is -0.580. The molecule has 1 unspecified atom stereocenters. The lowest BCUT2D eigenvalue weighted by molar-refractivity contribution is -0.108. The summed E-state index contributed by atoms with van der Waals surface area (Å²) in [6, 6.07) is 5.89. The number of benzene rings is 1. The summed E-state index contributed by atoms with van der Waals surface area (Å²) in [7, 11) is 0. The van der Waals surface area contributed by atoms with E-state index < -0.39 is 0 Å². The van der Waals surface area contributed by atoms with E-state index in [2.05, 4.69) is 22.6 Å². The summed E-state index contributed by atoms with van der Waals surface area (Å²) in [6.07, 6.45) is 0.938. The average molecular weight is 304 g/mol. The molecule has 0 bridgehead atoms. The lowest BCUT2D eigenvalue weighted by Gasteiger charge is -2.12. The Morgan fingerprint density at radius 3 is 2.86 bits per heavy atom. The van der Waals surface area contributed by atoms with Crippen LogP contribution in [-0.2, 0) is 4.79 Å². The molecule has 3 heteroatoms. The van der Waals surface area contributed by atoms with Crippen LogP contribution in [-0.4, -0.2) is 12.9 Å². The van der Waals surface area contributed by atoms with Gasteiger partial charge >= 0.3 is 0 Å². The van der Waals surface area contributed by atoms with Crippen LogP contribution < -0.4 is 4.74 Å². The highest BCUT2D eigenvalue weighted by Gasteiger charge is 2.10. The number of halogens is 1. The van der Waals surface area contributed by atoms with Gasteiger partial charge in [0.05, 0.1) is 6.61 Å². The van der Waals surface area contributed by atoms with Gasteiger partial charge in [-0.1, -0.05) is 6.92 Å². The maximum Gasteiger partial charge on any atom is 0.127 e. The van der Waals surface area contributed by atoms with Gasteiger partial charge in [-0.25, -0.2) is 0 Å². The zero-order valence-corrected chi connectivity index (χ0v) is 10.4. The fourth-order valence-corrected chi connectivity index (χ4v) is 1.75. The zero-order valence-electron chi connectivity index (χ0n) is 8.29. The highest BCUT2D eigenvalue weighted by molar-refractivity contribution is 14.1. The number of rotatable bonds is 4. The molecule has 0 fully saturated rings. The molecule has 1 atom stereocenters. The van der Waals surface area contributed by atoms with Gasteiger partial charge in [-0.2, -0.15) is 0 Å². The van der Waals surface area contributed by atoms with Gasteiger partial charge in [-0.3, -0.25) is 0 Å². The van der Waals surface area contributed by atoms with E-state index in [1.165, 1.54) is 0 Å². The van der Waals surface area contributed by atoms with Crippen LogP contribution in [0.3, 0.4) is 0 Å². The van der Waals surface area contributed by atoms with Crippen LogP contribution in [0.5, 0.6) is 5.75 Å². The maximum absolute atomic E-state index is 10.7. The Labute approximate surface area is 97.8 Å². The Morgan fingerprint density at radius 2 is 2.29 bits per heavy atom. The average Bonchev–Trinajstić information content (AvgIpc) is 2.20. The van der Waals surface area contributed by atoms with Crippen molar-refractivity contribution in [1.29, 1.82) is 0 Å². The van der Waals surface area contributed by atoms with Crippen LogP contribution in [0.4, 0.5) is 0 Å². The molecule has 1 rings (SSSR count). The van der Waals surface area contributed by atoms with Gasteiger partial charge in [0.25, 0.3) is 0 Å². The summed E-state index contributed by atoms with van der Waals surface area (Å²) in [5.74, 6) is 0.707. The lowest BCUT2D eigenvalue weighted by Crippen LogP contribution is -2.01. The molecule has 0 saturated carbocycles. The first kappa shape index (κ1) is 11.5. The van der Waals surface area contributed by atoms with Crippen molar-refractivity contribution in [2.24, 2.45) is 0 Å². The molecule has 14 heavy (non-hydrogen) atoms. The second kappa shape index (κ2) is 5.34. The molecule has 76 valence electrons. The van der Waals surface area contributed by atoms with E-state index in [0.29, 0.717) is 6.61 Å². The molecule has 0 N–H and O–H groups in total. The van der Waals surface area contributed by atoms with Crippen molar-refractivity contribution in [2.75, 3.05) is 6.61 Å². The first-order chi connectivity index (χ1) is 6.69. The molecule has 1 aromatic rings. The number of hydrogen-bond acceptors (Lipinski definition) is 2. The standard InChI is InChI=1S/C11H13IO2/c1-3-14-11-5-4-9(12)6-10(11)8(2)7-13/h4-8H,3H2,1-2H3. The highest BCUT2D eigenvalue weighted by Crippen LogP contribution is 2.27. The summed E-state index contributed by atoms with van der Waals surface area (Å²) >= 11 is 2.23. The smallest absolute Gasteiger partial charge is 0.127 e. The number of carbonyl (C=O) groups is 1. The van der Waals surface area contributed by atoms with E-state index >= 15 is 0 Å². The molecule has 0 saturated heterocycles. The van der Waals surface area contributed by atoms with Crippen molar-refractivity contribution in [3.8, 4) is 5.75 Å². The highest BCUT2D eigenvalue weighted by atomic mass is 127. The molecule has 2 nitrogen and oxygen atoms in total. The van der Waals surface area contributed by atoms with Crippen molar-refractivity contribution < 1.29 is 9.53 Å². The van der Waals surface area contributed by atoms with E-state index in [-0.39, 0.29) is 5.92 Å². The lowest BCUT2D eigenvalue weighted by atomic mass is 10.0. The van der Waals surface area contributed by atoms with E-state index in [1.54, 1.807) is 0 Å². The molecule has 0 spiro atoms. The molecular formula is C11H13IO2. The second-order valence-electron chi connectivity index (χ2n) is 3.04. The van der Waals surface area contributed by atoms with Crippen LogP contribution in [0.2, 0.25) is 0 Å². The normalized spacial score (nSPS) is 12.2. The number of carbonyl (C=O) groups excluding carboxylic acids is 1. The topological polar surface area (TPSA) is 26.3 Å². The first-order valence-corrected chi connectivity index (χ1v) is 5.64. The molecule has 0 heterocycles. The summed E-state index contributed by atoms with van der Waals surface area (Å²) in [6.45, 7) is 4.44. The Kier molecular flexibility index (Phi) is 4.38. The molecular weight excluding hydrogens is 291 g/mol. The van der Waals surface area contributed by atoms with E-state index in [4.69, 9.17) is 4.74 Å². The molecule has 0 amide bonds. The summed E-state index contributed by atoms with van der Waals surface area (Å²) in [5.41, 5.74) is 0.966. The second-order valence-corrected chi connectivity index (χ2v) is 4.29. The Balaban J connectivity index is 3.08. The predicted octanol–water partition coefficient (Wildman–Crippen LogP) is 2.99. The summed E-state index contributed by atoms with van der Waals surface area (Å²) in [4.78, 5) is 10.7. The first-order valence-electron chi connectivity index (χ1n) is 4.56. The van der Waals surface area contributed by atoms with E-state index in [1.807, 2.05) is 32.0 Å². The molecule has 0 radical (unpaired) electrons. The molecule has 0 aliphatic carbocycles. The van der Waals surface area contributed by atoms with Crippen LogP contribution in [0.15, 0.2) is 18.2 Å². The Morgan fingerprint density at radius 1 is 1.57 bits per heavy atom. The third-order valence-electron chi connectivity index (χ3n) is 1.97. The molecule has 0 aliphatic heterocycles. The van der Waals surface area contributed by atoms with Crippen LogP contribution in [0, 0.1) is 3.57 Å². The quantitative estimate of drug-likeness (QED) is 0.631. The van der Waals surface area contributed by atoms with Crippen LogP contribution >= 0.6 is 22.6 Å². The van der Waals surface area contributed by atoms with Crippen molar-refractivity contribution in [2.45, 2.75) is 19.8 Å². The van der Waals surface area contributed by atoms with Crippen LogP contribution in [0.1, 0.15) is 25.3 Å². The van der Waals surface area contributed by atoms with Gasteiger partial charge < -0.3 is 9.53 Å². The van der Waals surface area contributed by atoms with Crippen molar-refractivity contribution in [3.63, 3.8) is 0 Å². The third-order valence-corrected chi connectivity index (χ3v) is 2.64. The van der Waals surface area contributed by atoms with Crippen LogP contribution in [0.25, 0.3) is 0 Å². The Bertz CT molecular complexity index is 323. The predicted molar refractivity (Wildman–Crippen MR) is 64.8 cm³/mol. The van der Waals surface area contributed by atoms with Crippen molar-refractivity contribution in [1.82, 2.24) is 0 Å². The largest absolute Gasteiger partial charge is 0.494 e. The minimum atomic E-state index is -0.105. The maximum atomic E-state index is 10.7. The van der Waals surface area contributed by atoms with Gasteiger partial charge in [0.1, 0.15) is 12.0 Å². The zero-order chi connectivity index (χ0) is 10.6. The van der Waals surface area contributed by atoms with Crippen molar-refractivity contribution in [3.05, 3.63) is 27.3 Å². The minimum absolute atomic E-state index is 0.105. The van der Waals surface area contributed by atoms with Gasteiger partial charge in [-0.05, 0) is 47.7 Å². The molecule has 1 aromatic carbocycles. The monoisotopic (exact) mass is 304 g/mol. The van der Waals surface area contributed by atoms with Gasteiger partial charge in [0.2, 0.25) is 0 Å². The summed E-state index contributed by atoms with van der Waals surface area (Å²) < 4.78 is 6.57. The fourth-order valence-electron chi connectivity index (χ4n) is 1.24. The van der Waals surface area contributed by atoms with Gasteiger partial charge in [-0.15, -0.1) is 0 Å². The van der Waals surface area contributed by atoms with Gasteiger partial charge in [0.15, 0.2) is 0 Å². The number of hydrogen-bond donors (Lipinski definition) is 0.